The molecule has 20 heavy (non-hydrogen) atoms. The fourth-order valence-electron chi connectivity index (χ4n) is 1.91. The molecule has 0 atom stereocenters. The Bertz CT molecular complexity index is 808. The van der Waals surface area contributed by atoms with Crippen molar-refractivity contribution < 1.29 is 4.79 Å². The molecule has 0 aliphatic heterocycles. The summed E-state index contributed by atoms with van der Waals surface area (Å²) >= 11 is 7.41. The van der Waals surface area contributed by atoms with E-state index in [1.165, 1.54) is 11.3 Å². The van der Waals surface area contributed by atoms with E-state index < -0.39 is 0 Å². The minimum Gasteiger partial charge on any atom is -0.296 e. The van der Waals surface area contributed by atoms with E-state index in [1.807, 2.05) is 19.1 Å². The first-order valence-electron chi connectivity index (χ1n) is 5.90. The van der Waals surface area contributed by atoms with E-state index in [2.05, 4.69) is 15.4 Å². The standard InChI is InChI=1S/C13H11ClN4OS/c1-7-5-8(14)6-10-11(7)15-13(20-10)16-12(19)9-3-4-18(2)17-9/h3-6H,1-2H3,(H,15,16,19). The zero-order valence-corrected chi connectivity index (χ0v) is 12.4. The average molecular weight is 307 g/mol. The summed E-state index contributed by atoms with van der Waals surface area (Å²) < 4.78 is 2.53. The molecule has 0 fully saturated rings. The van der Waals surface area contributed by atoms with Crippen molar-refractivity contribution in [1.82, 2.24) is 14.8 Å². The number of carbonyl (C=O) groups is 1. The van der Waals surface area contributed by atoms with Gasteiger partial charge >= 0.3 is 0 Å². The Morgan fingerprint density at radius 2 is 2.25 bits per heavy atom. The molecule has 3 aromatic rings. The number of anilines is 1. The molecule has 5 nitrogen and oxygen atoms in total. The van der Waals surface area contributed by atoms with Gasteiger partial charge < -0.3 is 0 Å². The molecule has 1 N–H and O–H groups in total. The number of hydrogen-bond donors (Lipinski definition) is 1. The van der Waals surface area contributed by atoms with Gasteiger partial charge in [0.1, 0.15) is 0 Å². The van der Waals surface area contributed by atoms with Gasteiger partial charge in [-0.1, -0.05) is 22.9 Å². The Morgan fingerprint density at radius 1 is 1.45 bits per heavy atom. The highest BCUT2D eigenvalue weighted by Crippen LogP contribution is 2.31. The van der Waals surface area contributed by atoms with Crippen molar-refractivity contribution in [3.8, 4) is 0 Å². The van der Waals surface area contributed by atoms with Gasteiger partial charge in [0.2, 0.25) is 0 Å². The first-order chi connectivity index (χ1) is 9.52. The van der Waals surface area contributed by atoms with Crippen LogP contribution in [0.2, 0.25) is 5.02 Å². The number of halogens is 1. The second-order valence-corrected chi connectivity index (χ2v) is 5.88. The van der Waals surface area contributed by atoms with Gasteiger partial charge in [-0.2, -0.15) is 5.10 Å². The molecule has 0 aliphatic carbocycles. The maximum absolute atomic E-state index is 12.0. The largest absolute Gasteiger partial charge is 0.296 e. The second kappa shape index (κ2) is 4.88. The summed E-state index contributed by atoms with van der Waals surface area (Å²) in [5, 5.41) is 8.02. The maximum atomic E-state index is 12.0. The van der Waals surface area contributed by atoms with E-state index in [9.17, 15) is 4.79 Å². The predicted octanol–water partition coefficient (Wildman–Crippen LogP) is 3.24. The summed E-state index contributed by atoms with van der Waals surface area (Å²) in [4.78, 5) is 16.4. The fourth-order valence-corrected chi connectivity index (χ4v) is 3.22. The zero-order chi connectivity index (χ0) is 14.3. The fraction of sp³-hybridized carbons (Fsp3) is 0.154. The number of thiazole rings is 1. The minimum atomic E-state index is -0.270. The molecule has 0 saturated heterocycles. The summed E-state index contributed by atoms with van der Waals surface area (Å²) in [5.41, 5.74) is 2.21. The van der Waals surface area contributed by atoms with Crippen LogP contribution in [0.4, 0.5) is 5.13 Å². The van der Waals surface area contributed by atoms with Crippen LogP contribution in [0.15, 0.2) is 24.4 Å². The van der Waals surface area contributed by atoms with Gasteiger partial charge in [0, 0.05) is 18.3 Å². The Kier molecular flexibility index (Phi) is 3.19. The van der Waals surface area contributed by atoms with Gasteiger partial charge in [-0.3, -0.25) is 14.8 Å². The van der Waals surface area contributed by atoms with Crippen molar-refractivity contribution in [1.29, 1.82) is 0 Å². The third-order valence-electron chi connectivity index (χ3n) is 2.82. The van der Waals surface area contributed by atoms with Gasteiger partial charge in [0.25, 0.3) is 5.91 Å². The SMILES string of the molecule is Cc1cc(Cl)cc2sc(NC(=O)c3ccn(C)n3)nc12. The number of fused-ring (bicyclic) bond motifs is 1. The van der Waals surface area contributed by atoms with Crippen LogP contribution in [0.5, 0.6) is 0 Å². The van der Waals surface area contributed by atoms with Crippen molar-refractivity contribution in [3.05, 3.63) is 40.7 Å². The molecule has 3 rings (SSSR count). The molecule has 0 saturated carbocycles. The van der Waals surface area contributed by atoms with Crippen LogP contribution in [0.1, 0.15) is 16.1 Å². The normalized spacial score (nSPS) is 10.9. The van der Waals surface area contributed by atoms with Gasteiger partial charge in [-0.15, -0.1) is 0 Å². The van der Waals surface area contributed by atoms with Crippen molar-refractivity contribution >= 4 is 44.2 Å². The van der Waals surface area contributed by atoms with Crippen LogP contribution < -0.4 is 5.32 Å². The van der Waals surface area contributed by atoms with Crippen LogP contribution >= 0.6 is 22.9 Å². The number of carbonyl (C=O) groups excluding carboxylic acids is 1. The van der Waals surface area contributed by atoms with Crippen LogP contribution in [0, 0.1) is 6.92 Å². The molecule has 2 aromatic heterocycles. The monoisotopic (exact) mass is 306 g/mol. The van der Waals surface area contributed by atoms with Gasteiger partial charge in [-0.05, 0) is 30.7 Å². The van der Waals surface area contributed by atoms with Gasteiger partial charge in [-0.25, -0.2) is 4.98 Å². The Balaban J connectivity index is 1.91. The first-order valence-corrected chi connectivity index (χ1v) is 7.10. The van der Waals surface area contributed by atoms with Crippen molar-refractivity contribution in [3.63, 3.8) is 0 Å². The van der Waals surface area contributed by atoms with Crippen LogP contribution in [-0.4, -0.2) is 20.7 Å². The number of nitrogens with one attached hydrogen (secondary N) is 1. The molecule has 0 radical (unpaired) electrons. The van der Waals surface area contributed by atoms with Gasteiger partial charge in [0.05, 0.1) is 10.2 Å². The lowest BCUT2D eigenvalue weighted by Crippen LogP contribution is -2.12. The van der Waals surface area contributed by atoms with Crippen LogP contribution in [0.25, 0.3) is 10.2 Å². The van der Waals surface area contributed by atoms with E-state index in [0.29, 0.717) is 15.8 Å². The molecule has 2 heterocycles. The van der Waals surface area contributed by atoms with Crippen molar-refractivity contribution in [2.45, 2.75) is 6.92 Å². The Hall–Kier alpha value is -1.92. The smallest absolute Gasteiger partial charge is 0.277 e. The summed E-state index contributed by atoms with van der Waals surface area (Å²) in [6, 6.07) is 5.36. The lowest BCUT2D eigenvalue weighted by Gasteiger charge is -1.96. The van der Waals surface area contributed by atoms with Crippen molar-refractivity contribution in [2.24, 2.45) is 7.05 Å². The summed E-state index contributed by atoms with van der Waals surface area (Å²) in [6.07, 6.45) is 1.72. The number of aryl methyl sites for hydroxylation is 2. The van der Waals surface area contributed by atoms with Gasteiger partial charge in [0.15, 0.2) is 10.8 Å². The van der Waals surface area contributed by atoms with Crippen LogP contribution in [0.3, 0.4) is 0 Å². The molecule has 0 bridgehead atoms. The molecular formula is C13H11ClN4OS. The third kappa shape index (κ3) is 2.39. The Morgan fingerprint density at radius 3 is 2.95 bits per heavy atom. The zero-order valence-electron chi connectivity index (χ0n) is 10.8. The molecule has 7 heteroatoms. The summed E-state index contributed by atoms with van der Waals surface area (Å²) in [7, 11) is 1.76. The van der Waals surface area contributed by atoms with E-state index in [4.69, 9.17) is 11.6 Å². The quantitative estimate of drug-likeness (QED) is 0.790. The van der Waals surface area contributed by atoms with Crippen LogP contribution in [-0.2, 0) is 7.05 Å². The minimum absolute atomic E-state index is 0.270. The molecular weight excluding hydrogens is 296 g/mol. The number of benzene rings is 1. The first kappa shape index (κ1) is 13.1. The lowest BCUT2D eigenvalue weighted by atomic mass is 10.2. The number of nitrogens with zero attached hydrogens (tertiary/aromatic N) is 3. The molecule has 1 aromatic carbocycles. The lowest BCUT2D eigenvalue weighted by molar-refractivity contribution is 0.102. The molecule has 0 aliphatic rings. The number of amides is 1. The highest BCUT2D eigenvalue weighted by Gasteiger charge is 2.13. The molecule has 102 valence electrons. The predicted molar refractivity (Wildman–Crippen MR) is 80.5 cm³/mol. The van der Waals surface area contributed by atoms with Crippen molar-refractivity contribution in [2.75, 3.05) is 5.32 Å². The summed E-state index contributed by atoms with van der Waals surface area (Å²) in [6.45, 7) is 1.94. The summed E-state index contributed by atoms with van der Waals surface area (Å²) in [5.74, 6) is -0.270. The topological polar surface area (TPSA) is 59.8 Å². The third-order valence-corrected chi connectivity index (χ3v) is 3.95. The number of rotatable bonds is 2. The highest BCUT2D eigenvalue weighted by atomic mass is 35.5. The molecule has 0 unspecified atom stereocenters. The highest BCUT2D eigenvalue weighted by molar-refractivity contribution is 7.22. The van der Waals surface area contributed by atoms with E-state index in [-0.39, 0.29) is 5.91 Å². The molecule has 1 amide bonds. The Labute approximate surface area is 124 Å². The van der Waals surface area contributed by atoms with E-state index in [1.54, 1.807) is 24.0 Å². The average Bonchev–Trinajstić information content (AvgIpc) is 2.95. The number of hydrogen-bond acceptors (Lipinski definition) is 4. The number of aromatic nitrogens is 3. The van der Waals surface area contributed by atoms with E-state index in [0.717, 1.165) is 15.8 Å². The van der Waals surface area contributed by atoms with E-state index >= 15 is 0 Å². The second-order valence-electron chi connectivity index (χ2n) is 4.42. The molecule has 0 spiro atoms. The maximum Gasteiger partial charge on any atom is 0.277 e.